The van der Waals surface area contributed by atoms with E-state index in [4.69, 9.17) is 16.3 Å². The van der Waals surface area contributed by atoms with Crippen molar-refractivity contribution >= 4 is 11.6 Å². The number of nitrogens with zero attached hydrogens (tertiary/aromatic N) is 1. The minimum atomic E-state index is 0.448. The van der Waals surface area contributed by atoms with Crippen LogP contribution in [0.4, 0.5) is 0 Å². The van der Waals surface area contributed by atoms with Gasteiger partial charge < -0.3 is 9.64 Å². The summed E-state index contributed by atoms with van der Waals surface area (Å²) in [4.78, 5) is 2.44. The SMILES string of the molecule is CN1CCC(c2ccc(Cl)cc2)C(C2CCCO2)C1. The molecule has 3 heteroatoms. The van der Waals surface area contributed by atoms with Gasteiger partial charge >= 0.3 is 0 Å². The number of piperidine rings is 1. The fourth-order valence-corrected chi connectivity index (χ4v) is 3.72. The second kappa shape index (κ2) is 5.82. The summed E-state index contributed by atoms with van der Waals surface area (Å²) < 4.78 is 5.96. The molecular weight excluding hydrogens is 258 g/mol. The zero-order valence-electron chi connectivity index (χ0n) is 11.5. The normalized spacial score (nSPS) is 32.6. The Morgan fingerprint density at radius 1 is 1.21 bits per heavy atom. The molecule has 0 aliphatic carbocycles. The Balaban J connectivity index is 1.81. The van der Waals surface area contributed by atoms with E-state index in [0.717, 1.165) is 18.2 Å². The van der Waals surface area contributed by atoms with E-state index in [1.54, 1.807) is 0 Å². The predicted octanol–water partition coefficient (Wildman–Crippen LogP) is 3.55. The Morgan fingerprint density at radius 2 is 2.00 bits per heavy atom. The molecule has 2 fully saturated rings. The van der Waals surface area contributed by atoms with E-state index in [0.29, 0.717) is 17.9 Å². The van der Waals surface area contributed by atoms with E-state index in [1.807, 2.05) is 12.1 Å². The number of likely N-dealkylation sites (tertiary alicyclic amines) is 1. The molecule has 0 spiro atoms. The van der Waals surface area contributed by atoms with Crippen LogP contribution in [0.2, 0.25) is 5.02 Å². The summed E-state index contributed by atoms with van der Waals surface area (Å²) in [5.41, 5.74) is 1.43. The Bertz CT molecular complexity index is 413. The molecule has 104 valence electrons. The highest BCUT2D eigenvalue weighted by molar-refractivity contribution is 6.30. The molecule has 2 aliphatic heterocycles. The van der Waals surface area contributed by atoms with Gasteiger partial charge in [0, 0.05) is 24.1 Å². The highest BCUT2D eigenvalue weighted by Crippen LogP contribution is 2.38. The van der Waals surface area contributed by atoms with Crippen molar-refractivity contribution in [1.29, 1.82) is 0 Å². The molecule has 0 N–H and O–H groups in total. The predicted molar refractivity (Wildman–Crippen MR) is 78.8 cm³/mol. The summed E-state index contributed by atoms with van der Waals surface area (Å²) in [5.74, 6) is 1.25. The van der Waals surface area contributed by atoms with Gasteiger partial charge in [0.2, 0.25) is 0 Å². The van der Waals surface area contributed by atoms with Gasteiger partial charge in [0.1, 0.15) is 0 Å². The number of hydrogen-bond donors (Lipinski definition) is 0. The average Bonchev–Trinajstić information content (AvgIpc) is 2.94. The van der Waals surface area contributed by atoms with Crippen molar-refractivity contribution in [3.05, 3.63) is 34.9 Å². The van der Waals surface area contributed by atoms with Crippen molar-refractivity contribution < 1.29 is 4.74 Å². The monoisotopic (exact) mass is 279 g/mol. The molecule has 2 heterocycles. The highest BCUT2D eigenvalue weighted by Gasteiger charge is 2.36. The van der Waals surface area contributed by atoms with Crippen molar-refractivity contribution in [2.75, 3.05) is 26.7 Å². The van der Waals surface area contributed by atoms with Crippen LogP contribution in [0.25, 0.3) is 0 Å². The van der Waals surface area contributed by atoms with Gasteiger partial charge in [-0.3, -0.25) is 0 Å². The first-order valence-electron chi connectivity index (χ1n) is 7.29. The highest BCUT2D eigenvalue weighted by atomic mass is 35.5. The van der Waals surface area contributed by atoms with E-state index in [9.17, 15) is 0 Å². The summed E-state index contributed by atoms with van der Waals surface area (Å²) in [6.07, 6.45) is 4.12. The molecule has 1 aromatic carbocycles. The van der Waals surface area contributed by atoms with Crippen LogP contribution in [0.1, 0.15) is 30.7 Å². The maximum absolute atomic E-state index is 6.00. The standard InChI is InChI=1S/C16H22ClNO/c1-18-9-8-14(12-4-6-13(17)7-5-12)15(11-18)16-3-2-10-19-16/h4-7,14-16H,2-3,8-11H2,1H3. The lowest BCUT2D eigenvalue weighted by molar-refractivity contribution is 0.0201. The lowest BCUT2D eigenvalue weighted by Gasteiger charge is -2.39. The van der Waals surface area contributed by atoms with Crippen LogP contribution in [-0.2, 0) is 4.74 Å². The van der Waals surface area contributed by atoms with Crippen molar-refractivity contribution in [3.63, 3.8) is 0 Å². The number of halogens is 1. The molecule has 1 aromatic rings. The van der Waals surface area contributed by atoms with Crippen molar-refractivity contribution in [3.8, 4) is 0 Å². The van der Waals surface area contributed by atoms with Crippen LogP contribution in [0.3, 0.4) is 0 Å². The molecular formula is C16H22ClNO. The first-order valence-corrected chi connectivity index (χ1v) is 7.67. The van der Waals surface area contributed by atoms with E-state index >= 15 is 0 Å². The van der Waals surface area contributed by atoms with Crippen molar-refractivity contribution in [2.45, 2.75) is 31.3 Å². The average molecular weight is 280 g/mol. The topological polar surface area (TPSA) is 12.5 Å². The van der Waals surface area contributed by atoms with Gasteiger partial charge in [-0.15, -0.1) is 0 Å². The molecule has 3 atom stereocenters. The number of rotatable bonds is 2. The van der Waals surface area contributed by atoms with E-state index in [-0.39, 0.29) is 0 Å². The van der Waals surface area contributed by atoms with Gasteiger partial charge in [0.15, 0.2) is 0 Å². The minimum absolute atomic E-state index is 0.448. The van der Waals surface area contributed by atoms with Gasteiger partial charge in [-0.05, 0) is 56.5 Å². The van der Waals surface area contributed by atoms with Gasteiger partial charge in [0.25, 0.3) is 0 Å². The largest absolute Gasteiger partial charge is 0.378 e. The van der Waals surface area contributed by atoms with Crippen LogP contribution in [0, 0.1) is 5.92 Å². The summed E-state index contributed by atoms with van der Waals surface area (Å²) in [7, 11) is 2.22. The fourth-order valence-electron chi connectivity index (χ4n) is 3.59. The molecule has 19 heavy (non-hydrogen) atoms. The van der Waals surface area contributed by atoms with Crippen molar-refractivity contribution in [1.82, 2.24) is 4.90 Å². The van der Waals surface area contributed by atoms with E-state index in [2.05, 4.69) is 24.1 Å². The van der Waals surface area contributed by atoms with Crippen LogP contribution < -0.4 is 0 Å². The smallest absolute Gasteiger partial charge is 0.0622 e. The zero-order valence-corrected chi connectivity index (χ0v) is 12.3. The third kappa shape index (κ3) is 2.96. The molecule has 0 amide bonds. The third-order valence-electron chi connectivity index (χ3n) is 4.60. The molecule has 0 bridgehead atoms. The number of hydrogen-bond acceptors (Lipinski definition) is 2. The van der Waals surface area contributed by atoms with Crippen LogP contribution >= 0.6 is 11.6 Å². The van der Waals surface area contributed by atoms with Gasteiger partial charge in [-0.2, -0.15) is 0 Å². The fraction of sp³-hybridized carbons (Fsp3) is 0.625. The maximum atomic E-state index is 6.00. The summed E-state index contributed by atoms with van der Waals surface area (Å²) in [6.45, 7) is 3.27. The Kier molecular flexibility index (Phi) is 4.11. The van der Waals surface area contributed by atoms with Crippen LogP contribution in [-0.4, -0.2) is 37.7 Å². The summed E-state index contributed by atoms with van der Waals surface area (Å²) in [6, 6.07) is 8.42. The number of benzene rings is 1. The van der Waals surface area contributed by atoms with Gasteiger partial charge in [-0.1, -0.05) is 23.7 Å². The molecule has 3 rings (SSSR count). The molecule has 3 unspecified atom stereocenters. The lowest BCUT2D eigenvalue weighted by Crippen LogP contribution is -2.42. The van der Waals surface area contributed by atoms with Crippen LogP contribution in [0.5, 0.6) is 0 Å². The van der Waals surface area contributed by atoms with Gasteiger partial charge in [0.05, 0.1) is 6.10 Å². The molecule has 0 aromatic heterocycles. The second-order valence-electron chi connectivity index (χ2n) is 5.92. The van der Waals surface area contributed by atoms with Gasteiger partial charge in [-0.25, -0.2) is 0 Å². The molecule has 0 radical (unpaired) electrons. The zero-order chi connectivity index (χ0) is 13.2. The third-order valence-corrected chi connectivity index (χ3v) is 4.85. The summed E-state index contributed by atoms with van der Waals surface area (Å²) >= 11 is 6.00. The molecule has 2 aliphatic rings. The van der Waals surface area contributed by atoms with Crippen molar-refractivity contribution in [2.24, 2.45) is 5.92 Å². The Labute approximate surface area is 120 Å². The van der Waals surface area contributed by atoms with Crippen LogP contribution in [0.15, 0.2) is 24.3 Å². The molecule has 0 saturated carbocycles. The minimum Gasteiger partial charge on any atom is -0.378 e. The number of ether oxygens (including phenoxy) is 1. The first-order chi connectivity index (χ1) is 9.24. The molecule has 2 saturated heterocycles. The van der Waals surface area contributed by atoms with E-state index < -0.39 is 0 Å². The molecule has 2 nitrogen and oxygen atoms in total. The first kappa shape index (κ1) is 13.4. The Hall–Kier alpha value is -0.570. The lowest BCUT2D eigenvalue weighted by atomic mass is 9.77. The van der Waals surface area contributed by atoms with E-state index in [1.165, 1.54) is 31.4 Å². The maximum Gasteiger partial charge on any atom is 0.0622 e. The Morgan fingerprint density at radius 3 is 2.68 bits per heavy atom. The second-order valence-corrected chi connectivity index (χ2v) is 6.36. The quantitative estimate of drug-likeness (QED) is 0.821. The summed E-state index contributed by atoms with van der Waals surface area (Å²) in [5, 5.41) is 0.824.